The summed E-state index contributed by atoms with van der Waals surface area (Å²) in [5.74, 6) is 0. The monoisotopic (exact) mass is 356 g/mol. The van der Waals surface area contributed by atoms with Crippen molar-refractivity contribution in [1.29, 1.82) is 0 Å². The Morgan fingerprint density at radius 2 is 0.840 bits per heavy atom. The van der Waals surface area contributed by atoms with Crippen molar-refractivity contribution >= 4 is 0 Å². The average molecular weight is 357 g/mol. The van der Waals surface area contributed by atoms with Crippen LogP contribution < -0.4 is 22.9 Å². The lowest BCUT2D eigenvalue weighted by Crippen LogP contribution is -2.47. The molecule has 0 aliphatic rings. The van der Waals surface area contributed by atoms with Crippen LogP contribution in [0.2, 0.25) is 0 Å². The van der Waals surface area contributed by atoms with Gasteiger partial charge in [-0.15, -0.1) is 0 Å². The number of rotatable bonds is 19. The zero-order chi connectivity index (χ0) is 18.8. The highest BCUT2D eigenvalue weighted by Crippen LogP contribution is 2.14. The summed E-state index contributed by atoms with van der Waals surface area (Å²) in [7, 11) is 0. The first-order valence-corrected chi connectivity index (χ1v) is 11.1. The SMILES string of the molecule is CCCCCCCCCCC(N)CCCCCCCCC(N)C(N)N. The number of nitrogens with two attached hydrogens (primary N) is 4. The van der Waals surface area contributed by atoms with Crippen molar-refractivity contribution in [1.82, 2.24) is 0 Å². The second-order valence-corrected chi connectivity index (χ2v) is 7.96. The number of hydrogen-bond acceptors (Lipinski definition) is 4. The molecule has 0 aromatic rings. The zero-order valence-corrected chi connectivity index (χ0v) is 17.1. The highest BCUT2D eigenvalue weighted by molar-refractivity contribution is 4.69. The first kappa shape index (κ1) is 24.8. The zero-order valence-electron chi connectivity index (χ0n) is 17.1. The summed E-state index contributed by atoms with van der Waals surface area (Å²) in [6.07, 6.45) is 21.7. The molecular formula is C21H48N4. The summed E-state index contributed by atoms with van der Waals surface area (Å²) in [6, 6.07) is 0.374. The molecule has 8 N–H and O–H groups in total. The molecule has 0 saturated heterocycles. The van der Waals surface area contributed by atoms with Crippen molar-refractivity contribution in [2.45, 2.75) is 134 Å². The van der Waals surface area contributed by atoms with Gasteiger partial charge in [-0.3, -0.25) is 0 Å². The van der Waals surface area contributed by atoms with E-state index in [0.29, 0.717) is 6.04 Å². The van der Waals surface area contributed by atoms with E-state index in [2.05, 4.69) is 6.92 Å². The van der Waals surface area contributed by atoms with Crippen LogP contribution in [-0.2, 0) is 0 Å². The van der Waals surface area contributed by atoms with E-state index in [4.69, 9.17) is 22.9 Å². The van der Waals surface area contributed by atoms with Crippen LogP contribution in [0.15, 0.2) is 0 Å². The lowest BCUT2D eigenvalue weighted by Gasteiger charge is -2.14. The van der Waals surface area contributed by atoms with Crippen LogP contribution in [0.25, 0.3) is 0 Å². The van der Waals surface area contributed by atoms with E-state index in [9.17, 15) is 0 Å². The van der Waals surface area contributed by atoms with Gasteiger partial charge in [-0.2, -0.15) is 0 Å². The first-order valence-electron chi connectivity index (χ1n) is 11.1. The summed E-state index contributed by atoms with van der Waals surface area (Å²) >= 11 is 0. The highest BCUT2D eigenvalue weighted by atomic mass is 14.9. The molecule has 2 unspecified atom stereocenters. The van der Waals surface area contributed by atoms with Gasteiger partial charge in [0.2, 0.25) is 0 Å². The molecule has 25 heavy (non-hydrogen) atoms. The van der Waals surface area contributed by atoms with Crippen molar-refractivity contribution in [2.24, 2.45) is 22.9 Å². The number of hydrogen-bond donors (Lipinski definition) is 4. The molecule has 0 spiro atoms. The molecular weight excluding hydrogens is 308 g/mol. The molecule has 0 bridgehead atoms. The van der Waals surface area contributed by atoms with Gasteiger partial charge in [0.25, 0.3) is 0 Å². The summed E-state index contributed by atoms with van der Waals surface area (Å²) in [6.45, 7) is 2.27. The van der Waals surface area contributed by atoms with E-state index < -0.39 is 0 Å². The van der Waals surface area contributed by atoms with Gasteiger partial charge in [-0.1, -0.05) is 96.8 Å². The van der Waals surface area contributed by atoms with Crippen LogP contribution in [-0.4, -0.2) is 18.2 Å². The molecule has 152 valence electrons. The van der Waals surface area contributed by atoms with Crippen LogP contribution in [0.1, 0.15) is 116 Å². The maximum atomic E-state index is 6.24. The Hall–Kier alpha value is -0.160. The molecule has 4 nitrogen and oxygen atoms in total. The normalized spacial score (nSPS) is 14.2. The predicted octanol–water partition coefficient (Wildman–Crippen LogP) is 4.54. The molecule has 0 fully saturated rings. The Bertz CT molecular complexity index is 258. The Labute approximate surface area is 157 Å². The highest BCUT2D eigenvalue weighted by Gasteiger charge is 2.07. The molecule has 0 rings (SSSR count). The van der Waals surface area contributed by atoms with Crippen LogP contribution >= 0.6 is 0 Å². The maximum Gasteiger partial charge on any atom is 0.0677 e. The largest absolute Gasteiger partial charge is 0.328 e. The van der Waals surface area contributed by atoms with E-state index in [1.165, 1.54) is 96.3 Å². The summed E-state index contributed by atoms with van der Waals surface area (Å²) in [5.41, 5.74) is 23.2. The second-order valence-electron chi connectivity index (χ2n) is 7.96. The minimum absolute atomic E-state index is 0.0469. The Balaban J connectivity index is 3.21. The van der Waals surface area contributed by atoms with Crippen molar-refractivity contribution in [3.63, 3.8) is 0 Å². The lowest BCUT2D eigenvalue weighted by atomic mass is 10.00. The van der Waals surface area contributed by atoms with E-state index >= 15 is 0 Å². The number of unbranched alkanes of at least 4 members (excludes halogenated alkanes) is 12. The molecule has 0 aliphatic heterocycles. The third kappa shape index (κ3) is 18.4. The van der Waals surface area contributed by atoms with Crippen molar-refractivity contribution in [2.75, 3.05) is 0 Å². The summed E-state index contributed by atoms with van der Waals surface area (Å²) < 4.78 is 0. The maximum absolute atomic E-state index is 6.24. The second kappa shape index (κ2) is 18.6. The topological polar surface area (TPSA) is 104 Å². The van der Waals surface area contributed by atoms with Gasteiger partial charge in [-0.25, -0.2) is 0 Å². The van der Waals surface area contributed by atoms with E-state index in [-0.39, 0.29) is 12.2 Å². The molecule has 0 aliphatic carbocycles. The summed E-state index contributed by atoms with van der Waals surface area (Å²) in [5, 5.41) is 0. The Kier molecular flexibility index (Phi) is 18.5. The van der Waals surface area contributed by atoms with Crippen LogP contribution in [0, 0.1) is 0 Å². The fourth-order valence-electron chi connectivity index (χ4n) is 3.37. The van der Waals surface area contributed by atoms with Crippen molar-refractivity contribution in [3.8, 4) is 0 Å². The quantitative estimate of drug-likeness (QED) is 0.201. The van der Waals surface area contributed by atoms with Crippen LogP contribution in [0.4, 0.5) is 0 Å². The predicted molar refractivity (Wildman–Crippen MR) is 112 cm³/mol. The summed E-state index contributed by atoms with van der Waals surface area (Å²) in [4.78, 5) is 0. The van der Waals surface area contributed by atoms with Gasteiger partial charge in [0.15, 0.2) is 0 Å². The van der Waals surface area contributed by atoms with Crippen molar-refractivity contribution < 1.29 is 0 Å². The standard InChI is InChI=1S/C21H48N4/c1-2-3-4-5-6-7-10-13-16-19(22)17-14-11-8-9-12-15-18-20(23)21(24)25/h19-21H,2-18,22-25H2,1H3. The lowest BCUT2D eigenvalue weighted by molar-refractivity contribution is 0.463. The van der Waals surface area contributed by atoms with Gasteiger partial charge >= 0.3 is 0 Å². The van der Waals surface area contributed by atoms with Gasteiger partial charge in [0, 0.05) is 12.1 Å². The van der Waals surface area contributed by atoms with Crippen LogP contribution in [0.3, 0.4) is 0 Å². The molecule has 2 atom stereocenters. The molecule has 0 radical (unpaired) electrons. The van der Waals surface area contributed by atoms with Gasteiger partial charge < -0.3 is 22.9 Å². The van der Waals surface area contributed by atoms with Crippen LogP contribution in [0.5, 0.6) is 0 Å². The first-order chi connectivity index (χ1) is 12.1. The molecule has 0 aromatic carbocycles. The van der Waals surface area contributed by atoms with E-state index in [0.717, 1.165) is 12.8 Å². The third-order valence-electron chi connectivity index (χ3n) is 5.29. The Morgan fingerprint density at radius 1 is 0.480 bits per heavy atom. The molecule has 4 heteroatoms. The molecule has 0 heterocycles. The smallest absolute Gasteiger partial charge is 0.0677 e. The molecule has 0 aromatic heterocycles. The fraction of sp³-hybridized carbons (Fsp3) is 1.00. The van der Waals surface area contributed by atoms with E-state index in [1.807, 2.05) is 0 Å². The van der Waals surface area contributed by atoms with Crippen molar-refractivity contribution in [3.05, 3.63) is 0 Å². The fourth-order valence-corrected chi connectivity index (χ4v) is 3.37. The van der Waals surface area contributed by atoms with Gasteiger partial charge in [-0.05, 0) is 19.3 Å². The average Bonchev–Trinajstić information content (AvgIpc) is 2.59. The molecule has 0 saturated carbocycles. The third-order valence-corrected chi connectivity index (χ3v) is 5.29. The van der Waals surface area contributed by atoms with Gasteiger partial charge in [0.1, 0.15) is 0 Å². The molecule has 0 amide bonds. The minimum atomic E-state index is -0.373. The minimum Gasteiger partial charge on any atom is -0.328 e. The van der Waals surface area contributed by atoms with Gasteiger partial charge in [0.05, 0.1) is 6.17 Å². The Morgan fingerprint density at radius 3 is 1.24 bits per heavy atom. The van der Waals surface area contributed by atoms with E-state index in [1.54, 1.807) is 0 Å².